The van der Waals surface area contributed by atoms with Crippen LogP contribution in [-0.2, 0) is 16.1 Å². The van der Waals surface area contributed by atoms with Gasteiger partial charge in [0.15, 0.2) is 0 Å². The zero-order chi connectivity index (χ0) is 42.3. The lowest BCUT2D eigenvalue weighted by atomic mass is 9.82. The summed E-state index contributed by atoms with van der Waals surface area (Å²) in [7, 11) is -0.0382. The minimum atomic E-state index is -3.20. The number of likely N-dealkylation sites (N-methyl/N-ethyl adjacent to an activating group) is 1. The maximum Gasteiger partial charge on any atom is 0.332 e. The van der Waals surface area contributed by atoms with Gasteiger partial charge in [0.1, 0.15) is 34.8 Å². The molecule has 60 heavy (non-hydrogen) atoms. The van der Waals surface area contributed by atoms with Gasteiger partial charge in [-0.2, -0.15) is 0 Å². The number of nitrogens with zero attached hydrogens (tertiary/aromatic N) is 4. The first-order valence-corrected chi connectivity index (χ1v) is 23.3. The number of carbonyl (C=O) groups is 1. The minimum Gasteiger partial charge on any atom is -0.496 e. The number of fused-ring (bicyclic) bond motifs is 1. The topological polar surface area (TPSA) is 129 Å². The summed E-state index contributed by atoms with van der Waals surface area (Å²) in [5.41, 5.74) is -0.189. The van der Waals surface area contributed by atoms with Crippen LogP contribution in [-0.4, -0.2) is 64.8 Å². The molecule has 1 aliphatic heterocycles. The van der Waals surface area contributed by atoms with Gasteiger partial charge in [0.05, 0.1) is 36.2 Å². The number of thiophene rings is 1. The van der Waals surface area contributed by atoms with Gasteiger partial charge >= 0.3 is 5.69 Å². The largest absolute Gasteiger partial charge is 0.496 e. The molecule has 1 saturated carbocycles. The second-order valence-corrected chi connectivity index (χ2v) is 21.8. The van der Waals surface area contributed by atoms with Crippen LogP contribution in [0.4, 0.5) is 4.39 Å². The van der Waals surface area contributed by atoms with Crippen molar-refractivity contribution in [2.75, 3.05) is 20.7 Å². The Morgan fingerprint density at radius 1 is 0.983 bits per heavy atom. The molecule has 0 radical (unpaired) electrons. The van der Waals surface area contributed by atoms with E-state index < -0.39 is 42.6 Å². The summed E-state index contributed by atoms with van der Waals surface area (Å²) in [6.07, 6.45) is 6.11. The number of aromatic nitrogens is 3. The number of likely N-dealkylation sites (tertiary alicyclic amines) is 1. The zero-order valence-corrected chi connectivity index (χ0v) is 36.4. The van der Waals surface area contributed by atoms with Gasteiger partial charge in [0.2, 0.25) is 11.8 Å². The molecule has 11 nitrogen and oxygen atoms in total. The van der Waals surface area contributed by atoms with Crippen LogP contribution in [0.15, 0.2) is 105 Å². The lowest BCUT2D eigenvalue weighted by molar-refractivity contribution is -0.129. The molecule has 0 spiro atoms. The molecule has 3 aromatic heterocycles. The highest BCUT2D eigenvalue weighted by atomic mass is 32.1. The molecule has 2 aliphatic rings. The highest BCUT2D eigenvalue weighted by molar-refractivity contribution is 7.22. The number of oxazole rings is 1. The molecule has 2 fully saturated rings. The summed E-state index contributed by atoms with van der Waals surface area (Å²) in [5, 5.41) is 1.86. The van der Waals surface area contributed by atoms with E-state index in [2.05, 4.69) is 18.8 Å². The van der Waals surface area contributed by atoms with Gasteiger partial charge in [-0.3, -0.25) is 14.2 Å². The third kappa shape index (κ3) is 7.48. The number of hydrogen-bond acceptors (Lipinski definition) is 9. The summed E-state index contributed by atoms with van der Waals surface area (Å²) < 4.78 is 36.1. The Morgan fingerprint density at radius 3 is 2.23 bits per heavy atom. The second kappa shape index (κ2) is 16.7. The average Bonchev–Trinajstić information content (AvgIpc) is 3.99. The number of aryl methyl sites for hydroxylation is 1. The Balaban J connectivity index is 1.13. The fourth-order valence-electron chi connectivity index (χ4n) is 9.60. The van der Waals surface area contributed by atoms with E-state index in [-0.39, 0.29) is 23.9 Å². The Bertz CT molecular complexity index is 2560. The number of carbonyl (C=O) groups excluding carboxylic acids is 1. The Labute approximate surface area is 353 Å². The second-order valence-electron chi connectivity index (χ2n) is 16.9. The van der Waals surface area contributed by atoms with Crippen molar-refractivity contribution in [1.29, 1.82) is 0 Å². The van der Waals surface area contributed by atoms with E-state index in [0.717, 1.165) is 34.2 Å². The number of benzene rings is 3. The molecular weight excluding hydrogens is 800 g/mol. The molecule has 2 atom stereocenters. The number of methoxy groups -OCH3 is 1. The zero-order valence-electron chi connectivity index (χ0n) is 34.6. The third-order valence-corrected chi connectivity index (χ3v) is 18.6. The van der Waals surface area contributed by atoms with Crippen LogP contribution in [0.3, 0.4) is 0 Å². The maximum atomic E-state index is 15.2. The molecule has 14 heteroatoms. The van der Waals surface area contributed by atoms with Gasteiger partial charge in [-0.1, -0.05) is 74.5 Å². The Kier molecular flexibility index (Phi) is 11.6. The molecule has 0 unspecified atom stereocenters. The number of amides is 1. The van der Waals surface area contributed by atoms with Gasteiger partial charge in [0.25, 0.3) is 13.9 Å². The van der Waals surface area contributed by atoms with Gasteiger partial charge in [0, 0.05) is 19.2 Å². The van der Waals surface area contributed by atoms with Gasteiger partial charge in [-0.15, -0.1) is 11.3 Å². The van der Waals surface area contributed by atoms with Crippen LogP contribution in [0.1, 0.15) is 75.6 Å². The van der Waals surface area contributed by atoms with E-state index in [1.807, 2.05) is 60.7 Å². The molecule has 1 amide bonds. The van der Waals surface area contributed by atoms with Crippen LogP contribution in [0, 0.1) is 18.7 Å². The first kappa shape index (κ1) is 41.6. The summed E-state index contributed by atoms with van der Waals surface area (Å²) in [4.78, 5) is 62.1. The molecule has 3 aromatic carbocycles. The van der Waals surface area contributed by atoms with Crippen molar-refractivity contribution >= 4 is 46.2 Å². The van der Waals surface area contributed by atoms with Crippen LogP contribution < -0.4 is 26.4 Å². The Hall–Kier alpha value is -5.15. The lowest BCUT2D eigenvalue weighted by Crippen LogP contribution is -2.65. The highest BCUT2D eigenvalue weighted by Gasteiger charge is 2.51. The van der Waals surface area contributed by atoms with Gasteiger partial charge in [-0.05, 0) is 90.5 Å². The van der Waals surface area contributed by atoms with Gasteiger partial charge < -0.3 is 23.6 Å². The number of halogens is 1. The number of rotatable bonds is 13. The highest BCUT2D eigenvalue weighted by Crippen LogP contribution is 2.46. The standard InChI is InChI=1S/C46H51FN4O7SSi/c1-29-39-43(53)51(36-22-24-49(4)42(36)52)45(54)50(44(39)59-40(29)41-48-23-25-57-41)28-38(35-26-31(47)18-21-37(35)56-5)58-32-19-16-30(17-20-32)27-46(2,3)60(55,33-12-8-6-9-13-33)34-14-10-7-11-15-34/h6-15,18,21,23,25-26,30,32,36,38,55H,16-17,19-20,22,24,27-28H2,1-5H3/t30?,32?,36-,38+/m1/s1. The van der Waals surface area contributed by atoms with Crippen LogP contribution in [0.2, 0.25) is 5.04 Å². The molecule has 8 rings (SSSR count). The van der Waals surface area contributed by atoms with Crippen molar-refractivity contribution in [3.8, 4) is 16.5 Å². The summed E-state index contributed by atoms with van der Waals surface area (Å²) in [6, 6.07) is 23.4. The third-order valence-electron chi connectivity index (χ3n) is 12.8. The minimum absolute atomic E-state index is 0.0864. The van der Waals surface area contributed by atoms with E-state index >= 15 is 4.39 Å². The smallest absolute Gasteiger partial charge is 0.332 e. The molecule has 1 N–H and O–H groups in total. The number of hydrogen-bond donors (Lipinski definition) is 1. The van der Waals surface area contributed by atoms with E-state index in [9.17, 15) is 19.2 Å². The van der Waals surface area contributed by atoms with Crippen molar-refractivity contribution < 1.29 is 27.9 Å². The predicted octanol–water partition coefficient (Wildman–Crippen LogP) is 6.98. The molecular formula is C46H51FN4O7SSi. The maximum absolute atomic E-state index is 15.2. The first-order chi connectivity index (χ1) is 28.8. The summed E-state index contributed by atoms with van der Waals surface area (Å²) in [5.74, 6) is 0.233. The monoisotopic (exact) mass is 850 g/mol. The number of ether oxygens (including phenoxy) is 2. The van der Waals surface area contributed by atoms with Crippen molar-refractivity contribution in [2.24, 2.45) is 5.92 Å². The van der Waals surface area contributed by atoms with Crippen molar-refractivity contribution in [3.63, 3.8) is 0 Å². The fraction of sp³-hybridized carbons (Fsp3) is 0.391. The molecule has 0 bridgehead atoms. The van der Waals surface area contributed by atoms with Crippen LogP contribution in [0.25, 0.3) is 21.0 Å². The van der Waals surface area contributed by atoms with Crippen molar-refractivity contribution in [2.45, 2.75) is 89.1 Å². The summed E-state index contributed by atoms with van der Waals surface area (Å²) >= 11 is 1.21. The predicted molar refractivity (Wildman–Crippen MR) is 233 cm³/mol. The average molecular weight is 851 g/mol. The fourth-order valence-corrected chi connectivity index (χ4v) is 14.7. The first-order valence-electron chi connectivity index (χ1n) is 20.6. The molecule has 6 aromatic rings. The molecule has 1 saturated heterocycles. The quantitative estimate of drug-likeness (QED) is 0.123. The van der Waals surface area contributed by atoms with Gasteiger partial charge in [-0.25, -0.2) is 18.7 Å². The van der Waals surface area contributed by atoms with Crippen molar-refractivity contribution in [1.82, 2.24) is 19.0 Å². The van der Waals surface area contributed by atoms with Crippen LogP contribution in [0.5, 0.6) is 5.75 Å². The van der Waals surface area contributed by atoms with E-state index in [1.165, 1.54) is 52.5 Å². The van der Waals surface area contributed by atoms with Crippen molar-refractivity contribution in [3.05, 3.63) is 129 Å². The SMILES string of the molecule is COc1ccc(F)cc1[C@H](Cn1c(=O)n([C@@H]2CCN(C)C2=O)c(=O)c2c(C)c(-c3ncco3)sc21)OC1CCC(CC(C)(C)[Si](O)(c2ccccc2)c2ccccc2)CC1. The normalized spacial score (nSPS) is 19.3. The Morgan fingerprint density at radius 2 is 1.65 bits per heavy atom. The van der Waals surface area contributed by atoms with Crippen LogP contribution >= 0.6 is 11.3 Å². The molecule has 4 heterocycles. The molecule has 1 aliphatic carbocycles. The summed E-state index contributed by atoms with van der Waals surface area (Å²) in [6.45, 7) is 6.50. The van der Waals surface area contributed by atoms with E-state index in [0.29, 0.717) is 64.2 Å². The molecule has 314 valence electrons. The van der Waals surface area contributed by atoms with E-state index in [4.69, 9.17) is 13.9 Å². The lowest BCUT2D eigenvalue weighted by Gasteiger charge is -2.44. The van der Waals surface area contributed by atoms with E-state index in [1.54, 1.807) is 20.0 Å².